The second kappa shape index (κ2) is 11.5. The Morgan fingerprint density at radius 1 is 1.10 bits per heavy atom. The Bertz CT molecular complexity index is 836. The highest BCUT2D eigenvalue weighted by molar-refractivity contribution is 5.87. The zero-order valence-corrected chi connectivity index (χ0v) is 18.1. The van der Waals surface area contributed by atoms with E-state index in [4.69, 9.17) is 4.74 Å². The normalized spacial score (nSPS) is 14.8. The minimum Gasteiger partial charge on any atom is -0.494 e. The summed E-state index contributed by atoms with van der Waals surface area (Å²) in [4.78, 5) is 27.4. The third kappa shape index (κ3) is 7.09. The van der Waals surface area contributed by atoms with Crippen LogP contribution in [-0.4, -0.2) is 35.4 Å². The fourth-order valence-electron chi connectivity index (χ4n) is 3.83. The molecular weight excluding hydrogens is 395 g/mol. The Labute approximate surface area is 183 Å². The molecule has 0 spiro atoms. The number of nitrogens with one attached hydrogen (secondary N) is 1. The summed E-state index contributed by atoms with van der Waals surface area (Å²) in [5.74, 6) is 0.187. The Balaban J connectivity index is 1.59. The number of amides is 2. The van der Waals surface area contributed by atoms with Gasteiger partial charge in [0.2, 0.25) is 11.8 Å². The van der Waals surface area contributed by atoms with Crippen LogP contribution < -0.4 is 10.1 Å². The fourth-order valence-corrected chi connectivity index (χ4v) is 3.83. The van der Waals surface area contributed by atoms with E-state index in [2.05, 4.69) is 5.32 Å². The quantitative estimate of drug-likeness (QED) is 0.571. The van der Waals surface area contributed by atoms with Gasteiger partial charge >= 0.3 is 0 Å². The van der Waals surface area contributed by atoms with Crippen LogP contribution in [0.5, 0.6) is 5.75 Å². The van der Waals surface area contributed by atoms with Crippen LogP contribution in [0.4, 0.5) is 4.39 Å². The molecule has 6 heteroatoms. The van der Waals surface area contributed by atoms with Crippen molar-refractivity contribution < 1.29 is 18.7 Å². The number of hydrogen-bond acceptors (Lipinski definition) is 3. The van der Waals surface area contributed by atoms with Crippen molar-refractivity contribution in [1.29, 1.82) is 0 Å². The van der Waals surface area contributed by atoms with Gasteiger partial charge in [0.1, 0.15) is 17.6 Å². The van der Waals surface area contributed by atoms with Crippen LogP contribution in [0.15, 0.2) is 54.6 Å². The van der Waals surface area contributed by atoms with Crippen molar-refractivity contribution in [1.82, 2.24) is 10.2 Å². The van der Waals surface area contributed by atoms with Gasteiger partial charge in [-0.15, -0.1) is 0 Å². The first-order valence-corrected chi connectivity index (χ1v) is 11.0. The number of rotatable bonds is 10. The van der Waals surface area contributed by atoms with E-state index in [0.29, 0.717) is 13.0 Å². The maximum absolute atomic E-state index is 13.3. The van der Waals surface area contributed by atoms with Gasteiger partial charge in [0.05, 0.1) is 6.61 Å². The summed E-state index contributed by atoms with van der Waals surface area (Å²) in [6, 6.07) is 15.1. The van der Waals surface area contributed by atoms with E-state index in [9.17, 15) is 14.0 Å². The topological polar surface area (TPSA) is 58.6 Å². The molecule has 2 aromatic rings. The van der Waals surface area contributed by atoms with E-state index >= 15 is 0 Å². The van der Waals surface area contributed by atoms with E-state index in [1.54, 1.807) is 24.0 Å². The average Bonchev–Trinajstić information content (AvgIpc) is 3.29. The molecule has 31 heavy (non-hydrogen) atoms. The predicted octanol–water partition coefficient (Wildman–Crippen LogP) is 4.46. The van der Waals surface area contributed by atoms with Gasteiger partial charge in [-0.1, -0.05) is 43.2 Å². The van der Waals surface area contributed by atoms with Gasteiger partial charge in [-0.05, 0) is 56.0 Å². The molecule has 166 valence electrons. The molecule has 5 nitrogen and oxygen atoms in total. The van der Waals surface area contributed by atoms with Gasteiger partial charge in [0.15, 0.2) is 0 Å². The van der Waals surface area contributed by atoms with Crippen LogP contribution in [0.1, 0.15) is 51.0 Å². The van der Waals surface area contributed by atoms with Crippen LogP contribution in [0, 0.1) is 5.82 Å². The standard InChI is InChI=1S/C25H31FN2O3/c1-19(25(30)27-22-8-5-6-9-22)28(18-20-13-15-21(26)16-14-20)24(29)12-7-17-31-23-10-3-2-4-11-23/h2-4,10-11,13-16,19,22H,5-9,12,17-18H2,1H3,(H,27,30)/t19-/m0/s1. The molecule has 3 rings (SSSR count). The monoisotopic (exact) mass is 426 g/mol. The van der Waals surface area contributed by atoms with E-state index in [0.717, 1.165) is 37.0 Å². The number of carbonyl (C=O) groups is 2. The van der Waals surface area contributed by atoms with Gasteiger partial charge in [-0.25, -0.2) is 4.39 Å². The summed E-state index contributed by atoms with van der Waals surface area (Å²) < 4.78 is 19.0. The molecule has 2 aromatic carbocycles. The first-order chi connectivity index (χ1) is 15.0. The Morgan fingerprint density at radius 2 is 1.77 bits per heavy atom. The summed E-state index contributed by atoms with van der Waals surface area (Å²) in [5, 5.41) is 3.08. The lowest BCUT2D eigenvalue weighted by Gasteiger charge is -2.30. The fraction of sp³-hybridized carbons (Fsp3) is 0.440. The SMILES string of the molecule is C[C@@H](C(=O)NC1CCCC1)N(Cc1ccc(F)cc1)C(=O)CCCOc1ccccc1. The third-order valence-corrected chi connectivity index (χ3v) is 5.68. The molecule has 1 fully saturated rings. The summed E-state index contributed by atoms with van der Waals surface area (Å²) in [6.45, 7) is 2.44. The lowest BCUT2D eigenvalue weighted by Crippen LogP contribution is -2.49. The van der Waals surface area contributed by atoms with Crippen LogP contribution in [0.3, 0.4) is 0 Å². The van der Waals surface area contributed by atoms with Crippen molar-refractivity contribution in [3.63, 3.8) is 0 Å². The molecule has 1 atom stereocenters. The summed E-state index contributed by atoms with van der Waals surface area (Å²) in [7, 11) is 0. The molecule has 0 bridgehead atoms. The molecule has 0 unspecified atom stereocenters. The van der Waals surface area contributed by atoms with Crippen LogP contribution in [-0.2, 0) is 16.1 Å². The molecule has 0 heterocycles. The van der Waals surface area contributed by atoms with Gasteiger partial charge < -0.3 is 15.0 Å². The van der Waals surface area contributed by atoms with Crippen molar-refractivity contribution in [3.05, 3.63) is 66.0 Å². The van der Waals surface area contributed by atoms with Crippen molar-refractivity contribution in [2.45, 2.75) is 64.1 Å². The van der Waals surface area contributed by atoms with Crippen LogP contribution in [0.25, 0.3) is 0 Å². The van der Waals surface area contributed by atoms with Crippen LogP contribution in [0.2, 0.25) is 0 Å². The second-order valence-corrected chi connectivity index (χ2v) is 8.08. The van der Waals surface area contributed by atoms with E-state index in [-0.39, 0.29) is 36.6 Å². The summed E-state index contributed by atoms with van der Waals surface area (Å²) >= 11 is 0. The molecule has 1 aliphatic carbocycles. The number of nitrogens with zero attached hydrogens (tertiary/aromatic N) is 1. The zero-order chi connectivity index (χ0) is 22.1. The number of halogens is 1. The van der Waals surface area contributed by atoms with Crippen molar-refractivity contribution in [2.75, 3.05) is 6.61 Å². The maximum Gasteiger partial charge on any atom is 0.242 e. The lowest BCUT2D eigenvalue weighted by atomic mass is 10.1. The summed E-state index contributed by atoms with van der Waals surface area (Å²) in [5.41, 5.74) is 0.788. The van der Waals surface area contributed by atoms with Gasteiger partial charge in [-0.2, -0.15) is 0 Å². The molecule has 2 amide bonds. The predicted molar refractivity (Wildman–Crippen MR) is 118 cm³/mol. The molecule has 0 aliphatic heterocycles. The van der Waals surface area contributed by atoms with Gasteiger partial charge in [-0.3, -0.25) is 9.59 Å². The number of para-hydroxylation sites is 1. The van der Waals surface area contributed by atoms with E-state index in [1.807, 2.05) is 30.3 Å². The van der Waals surface area contributed by atoms with Crippen molar-refractivity contribution in [3.8, 4) is 5.75 Å². The second-order valence-electron chi connectivity index (χ2n) is 8.08. The molecule has 1 N–H and O–H groups in total. The molecule has 0 saturated heterocycles. The zero-order valence-electron chi connectivity index (χ0n) is 18.1. The highest BCUT2D eigenvalue weighted by Crippen LogP contribution is 2.19. The van der Waals surface area contributed by atoms with Crippen molar-refractivity contribution >= 4 is 11.8 Å². The minimum atomic E-state index is -0.604. The largest absolute Gasteiger partial charge is 0.494 e. The van der Waals surface area contributed by atoms with Crippen LogP contribution >= 0.6 is 0 Å². The molecule has 1 aliphatic rings. The van der Waals surface area contributed by atoms with E-state index in [1.165, 1.54) is 12.1 Å². The Hall–Kier alpha value is -2.89. The maximum atomic E-state index is 13.3. The highest BCUT2D eigenvalue weighted by atomic mass is 19.1. The number of carbonyl (C=O) groups excluding carboxylic acids is 2. The first-order valence-electron chi connectivity index (χ1n) is 11.0. The number of benzene rings is 2. The molecule has 1 saturated carbocycles. The number of hydrogen-bond donors (Lipinski definition) is 1. The smallest absolute Gasteiger partial charge is 0.242 e. The summed E-state index contributed by atoms with van der Waals surface area (Å²) in [6.07, 6.45) is 5.04. The van der Waals surface area contributed by atoms with Gasteiger partial charge in [0.25, 0.3) is 0 Å². The highest BCUT2D eigenvalue weighted by Gasteiger charge is 2.28. The third-order valence-electron chi connectivity index (χ3n) is 5.68. The Kier molecular flexibility index (Phi) is 8.44. The minimum absolute atomic E-state index is 0.116. The molecule has 0 aromatic heterocycles. The van der Waals surface area contributed by atoms with Crippen molar-refractivity contribution in [2.24, 2.45) is 0 Å². The Morgan fingerprint density at radius 3 is 2.45 bits per heavy atom. The first kappa shape index (κ1) is 22.8. The average molecular weight is 427 g/mol. The van der Waals surface area contributed by atoms with Gasteiger partial charge in [0, 0.05) is 19.0 Å². The van der Waals surface area contributed by atoms with E-state index < -0.39 is 6.04 Å². The number of ether oxygens (including phenoxy) is 1. The molecular formula is C25H31FN2O3. The molecule has 0 radical (unpaired) electrons. The lowest BCUT2D eigenvalue weighted by molar-refractivity contribution is -0.141.